The number of rotatable bonds is 6. The Morgan fingerprint density at radius 1 is 1.36 bits per heavy atom. The van der Waals surface area contributed by atoms with Gasteiger partial charge in [0.15, 0.2) is 15.5 Å². The predicted octanol–water partition coefficient (Wildman–Crippen LogP) is 2.75. The Morgan fingerprint density at radius 2 is 2.07 bits per heavy atom. The predicted molar refractivity (Wildman–Crippen MR) is 111 cm³/mol. The fraction of sp³-hybridized carbons (Fsp3) is 0.368. The van der Waals surface area contributed by atoms with Crippen molar-refractivity contribution in [3.8, 4) is 0 Å². The third-order valence-electron chi connectivity index (χ3n) is 4.94. The number of carbonyl (C=O) groups is 1. The standard InChI is InChI=1S/C19H20ClN5O2S/c1-11(14(26)21-10-12-6-4-3-5-7-12)25(2)18-22-13-15(27)23-17(19(20)8-9-19)24-16(13)28-18/h3-7,11H,8-10H2,1-2H3,(H,21,26)(H,23,24,27)/t11-/m1/s1. The van der Waals surface area contributed by atoms with E-state index >= 15 is 0 Å². The molecule has 9 heteroatoms. The number of H-pyrrole nitrogens is 1. The van der Waals surface area contributed by atoms with E-state index < -0.39 is 10.9 Å². The average Bonchev–Trinajstić information content (AvgIpc) is 3.30. The van der Waals surface area contributed by atoms with E-state index in [1.807, 2.05) is 30.3 Å². The molecular formula is C19H20ClN5O2S. The highest BCUT2D eigenvalue weighted by molar-refractivity contribution is 7.21. The van der Waals surface area contributed by atoms with Gasteiger partial charge in [-0.05, 0) is 25.3 Å². The molecule has 0 radical (unpaired) electrons. The van der Waals surface area contributed by atoms with Crippen molar-refractivity contribution in [2.75, 3.05) is 11.9 Å². The van der Waals surface area contributed by atoms with Crippen molar-refractivity contribution in [3.63, 3.8) is 0 Å². The first-order chi connectivity index (χ1) is 13.4. The first kappa shape index (κ1) is 18.9. The van der Waals surface area contributed by atoms with Crippen molar-refractivity contribution in [2.24, 2.45) is 0 Å². The molecule has 1 aromatic carbocycles. The molecule has 1 aliphatic rings. The average molecular weight is 418 g/mol. The van der Waals surface area contributed by atoms with E-state index in [1.54, 1.807) is 18.9 Å². The van der Waals surface area contributed by atoms with Gasteiger partial charge in [0, 0.05) is 13.6 Å². The summed E-state index contributed by atoms with van der Waals surface area (Å²) in [6.45, 7) is 2.26. The van der Waals surface area contributed by atoms with Crippen LogP contribution in [-0.2, 0) is 16.2 Å². The summed E-state index contributed by atoms with van der Waals surface area (Å²) in [5.74, 6) is 0.379. The van der Waals surface area contributed by atoms with Gasteiger partial charge in [-0.3, -0.25) is 9.59 Å². The van der Waals surface area contributed by atoms with Gasteiger partial charge in [-0.1, -0.05) is 41.7 Å². The Labute approximate surface area is 170 Å². The third-order valence-corrected chi connectivity index (χ3v) is 6.54. The number of nitrogens with one attached hydrogen (secondary N) is 2. The van der Waals surface area contributed by atoms with Crippen molar-refractivity contribution in [1.82, 2.24) is 20.3 Å². The fourth-order valence-corrected chi connectivity index (χ4v) is 3.97. The van der Waals surface area contributed by atoms with Gasteiger partial charge in [0.2, 0.25) is 5.91 Å². The van der Waals surface area contributed by atoms with Gasteiger partial charge >= 0.3 is 0 Å². The minimum absolute atomic E-state index is 0.120. The summed E-state index contributed by atoms with van der Waals surface area (Å²) >= 11 is 7.66. The molecule has 0 spiro atoms. The molecule has 2 heterocycles. The molecule has 7 nitrogen and oxygen atoms in total. The number of thiazole rings is 1. The van der Waals surface area contributed by atoms with Crippen LogP contribution in [0.15, 0.2) is 35.1 Å². The number of nitrogens with zero attached hydrogens (tertiary/aromatic N) is 3. The lowest BCUT2D eigenvalue weighted by Gasteiger charge is -2.23. The minimum Gasteiger partial charge on any atom is -0.350 e. The lowest BCUT2D eigenvalue weighted by molar-refractivity contribution is -0.122. The number of aromatic nitrogens is 3. The van der Waals surface area contributed by atoms with Crippen LogP contribution in [0.5, 0.6) is 0 Å². The van der Waals surface area contributed by atoms with E-state index in [-0.39, 0.29) is 17.0 Å². The summed E-state index contributed by atoms with van der Waals surface area (Å²) in [6, 6.07) is 9.27. The molecule has 4 rings (SSSR count). The minimum atomic E-state index is -0.548. The van der Waals surface area contributed by atoms with Crippen LogP contribution in [-0.4, -0.2) is 33.9 Å². The monoisotopic (exact) mass is 417 g/mol. The third kappa shape index (κ3) is 3.62. The molecule has 2 aromatic heterocycles. The number of hydrogen-bond acceptors (Lipinski definition) is 6. The molecule has 146 valence electrons. The second kappa shape index (κ2) is 7.18. The van der Waals surface area contributed by atoms with Crippen LogP contribution in [0.4, 0.5) is 5.13 Å². The van der Waals surface area contributed by atoms with Gasteiger partial charge in [-0.2, -0.15) is 0 Å². The highest BCUT2D eigenvalue weighted by Crippen LogP contribution is 2.50. The molecule has 1 saturated carbocycles. The summed E-state index contributed by atoms with van der Waals surface area (Å²) in [4.78, 5) is 38.3. The number of likely N-dealkylation sites (N-methyl/N-ethyl adjacent to an activating group) is 1. The molecule has 0 bridgehead atoms. The topological polar surface area (TPSA) is 91.0 Å². The van der Waals surface area contributed by atoms with Gasteiger partial charge in [-0.15, -0.1) is 11.6 Å². The largest absolute Gasteiger partial charge is 0.350 e. The molecule has 0 unspecified atom stereocenters. The Bertz CT molecular complexity index is 1080. The molecule has 1 atom stereocenters. The van der Waals surface area contributed by atoms with Gasteiger partial charge in [0.05, 0.1) is 0 Å². The number of hydrogen-bond donors (Lipinski definition) is 2. The summed E-state index contributed by atoms with van der Waals surface area (Å²) in [6.07, 6.45) is 1.60. The number of anilines is 1. The van der Waals surface area contributed by atoms with E-state index in [0.29, 0.717) is 22.3 Å². The maximum Gasteiger partial charge on any atom is 0.278 e. The molecule has 0 saturated heterocycles. The summed E-state index contributed by atoms with van der Waals surface area (Å²) < 4.78 is 0. The van der Waals surface area contributed by atoms with Crippen molar-refractivity contribution in [1.29, 1.82) is 0 Å². The Hall–Kier alpha value is -2.45. The van der Waals surface area contributed by atoms with Gasteiger partial charge in [0.25, 0.3) is 5.56 Å². The van der Waals surface area contributed by atoms with Crippen LogP contribution in [0.2, 0.25) is 0 Å². The van der Waals surface area contributed by atoms with Crippen LogP contribution in [0.25, 0.3) is 10.3 Å². The van der Waals surface area contributed by atoms with E-state index in [4.69, 9.17) is 11.6 Å². The van der Waals surface area contributed by atoms with Crippen LogP contribution in [0.1, 0.15) is 31.2 Å². The van der Waals surface area contributed by atoms with Crippen molar-refractivity contribution in [3.05, 3.63) is 52.1 Å². The first-order valence-electron chi connectivity index (χ1n) is 9.02. The summed E-state index contributed by atoms with van der Waals surface area (Å²) in [7, 11) is 1.78. The van der Waals surface area contributed by atoms with Crippen LogP contribution in [0.3, 0.4) is 0 Å². The normalized spacial score (nSPS) is 16.0. The summed E-state index contributed by atoms with van der Waals surface area (Å²) in [5.41, 5.74) is 1.00. The molecule has 1 amide bonds. The molecule has 28 heavy (non-hydrogen) atoms. The molecule has 0 aliphatic heterocycles. The van der Waals surface area contributed by atoms with Gasteiger partial charge in [0.1, 0.15) is 16.7 Å². The van der Waals surface area contributed by atoms with Gasteiger partial charge < -0.3 is 15.2 Å². The van der Waals surface area contributed by atoms with Crippen molar-refractivity contribution >= 4 is 44.3 Å². The molecule has 1 aliphatic carbocycles. The second-order valence-electron chi connectivity index (χ2n) is 7.02. The zero-order chi connectivity index (χ0) is 19.9. The zero-order valence-corrected chi connectivity index (χ0v) is 17.1. The molecular weight excluding hydrogens is 398 g/mol. The smallest absolute Gasteiger partial charge is 0.278 e. The number of benzene rings is 1. The summed E-state index contributed by atoms with van der Waals surface area (Å²) in [5, 5.41) is 3.49. The van der Waals surface area contributed by atoms with Crippen molar-refractivity contribution in [2.45, 2.75) is 37.2 Å². The Kier molecular flexibility index (Phi) is 4.84. The quantitative estimate of drug-likeness (QED) is 0.602. The number of carbonyl (C=O) groups excluding carboxylic acids is 1. The second-order valence-corrected chi connectivity index (χ2v) is 8.70. The maximum absolute atomic E-state index is 12.5. The fourth-order valence-electron chi connectivity index (χ4n) is 2.80. The highest BCUT2D eigenvalue weighted by Gasteiger charge is 2.45. The number of alkyl halides is 1. The molecule has 3 aromatic rings. The Morgan fingerprint density at radius 3 is 2.75 bits per heavy atom. The number of halogens is 1. The van der Waals surface area contributed by atoms with Crippen molar-refractivity contribution < 1.29 is 4.79 Å². The SMILES string of the molecule is C[C@H](C(=O)NCc1ccccc1)N(C)c1nc2c(=O)[nH]c(C3(Cl)CC3)nc2s1. The van der Waals surface area contributed by atoms with Crippen LogP contribution < -0.4 is 15.8 Å². The van der Waals surface area contributed by atoms with Crippen LogP contribution >= 0.6 is 22.9 Å². The lowest BCUT2D eigenvalue weighted by Crippen LogP contribution is -2.43. The number of amides is 1. The van der Waals surface area contributed by atoms with Crippen LogP contribution in [0, 0.1) is 0 Å². The van der Waals surface area contributed by atoms with E-state index in [0.717, 1.165) is 18.4 Å². The van der Waals surface area contributed by atoms with E-state index in [1.165, 1.54) is 11.3 Å². The number of fused-ring (bicyclic) bond motifs is 1. The number of aromatic amines is 1. The first-order valence-corrected chi connectivity index (χ1v) is 10.2. The van der Waals surface area contributed by atoms with E-state index in [9.17, 15) is 9.59 Å². The maximum atomic E-state index is 12.5. The lowest BCUT2D eigenvalue weighted by atomic mass is 10.2. The Balaban J connectivity index is 1.51. The van der Waals surface area contributed by atoms with E-state index in [2.05, 4.69) is 20.3 Å². The van der Waals surface area contributed by atoms with Gasteiger partial charge in [-0.25, -0.2) is 9.97 Å². The molecule has 2 N–H and O–H groups in total. The highest BCUT2D eigenvalue weighted by atomic mass is 35.5. The zero-order valence-electron chi connectivity index (χ0n) is 15.5. The molecule has 1 fully saturated rings.